The van der Waals surface area contributed by atoms with Gasteiger partial charge in [0.25, 0.3) is 0 Å². The number of likely N-dealkylation sites (tertiary alicyclic amines) is 1. The highest BCUT2D eigenvalue weighted by molar-refractivity contribution is 5.89. The van der Waals surface area contributed by atoms with E-state index in [0.717, 1.165) is 25.6 Å². The summed E-state index contributed by atoms with van der Waals surface area (Å²) in [5.41, 5.74) is -0.308. The van der Waals surface area contributed by atoms with Gasteiger partial charge in [0.2, 0.25) is 0 Å². The van der Waals surface area contributed by atoms with Crippen LogP contribution in [-0.2, 0) is 12.7 Å². The van der Waals surface area contributed by atoms with Crippen LogP contribution in [0.4, 0.5) is 28.0 Å². The third kappa shape index (κ3) is 5.30. The number of urea groups is 1. The summed E-state index contributed by atoms with van der Waals surface area (Å²) in [5, 5.41) is 2.47. The van der Waals surface area contributed by atoms with Crippen molar-refractivity contribution in [1.82, 2.24) is 9.80 Å². The largest absolute Gasteiger partial charge is 0.419 e. The van der Waals surface area contributed by atoms with E-state index in [1.54, 1.807) is 7.05 Å². The van der Waals surface area contributed by atoms with Crippen LogP contribution in [0, 0.1) is 11.7 Å². The van der Waals surface area contributed by atoms with Gasteiger partial charge in [0.15, 0.2) is 0 Å². The van der Waals surface area contributed by atoms with Crippen molar-refractivity contribution in [3.63, 3.8) is 0 Å². The van der Waals surface area contributed by atoms with Crippen molar-refractivity contribution in [2.45, 2.75) is 32.1 Å². The molecule has 162 valence electrons. The minimum Gasteiger partial charge on any atom is -0.323 e. The Morgan fingerprint density at radius 2 is 1.90 bits per heavy atom. The number of benzene rings is 2. The first kappa shape index (κ1) is 22.1. The van der Waals surface area contributed by atoms with Crippen LogP contribution >= 0.6 is 0 Å². The molecule has 2 aromatic rings. The number of hydrogen-bond acceptors (Lipinski definition) is 2. The molecule has 0 radical (unpaired) electrons. The average Bonchev–Trinajstić information content (AvgIpc) is 2.70. The van der Waals surface area contributed by atoms with Crippen LogP contribution in [0.3, 0.4) is 0 Å². The first-order valence-electron chi connectivity index (χ1n) is 9.82. The molecule has 1 aliphatic rings. The normalized spacial score (nSPS) is 20.1. The lowest BCUT2D eigenvalue weighted by Gasteiger charge is -2.41. The number of nitrogens with one attached hydrogen (secondary N) is 1. The molecule has 0 aromatic heterocycles. The molecule has 8 heteroatoms. The van der Waals surface area contributed by atoms with Crippen LogP contribution in [0.15, 0.2) is 48.5 Å². The fourth-order valence-corrected chi connectivity index (χ4v) is 3.79. The van der Waals surface area contributed by atoms with E-state index in [1.165, 1.54) is 10.5 Å². The SMILES string of the molecule is C[C@@H]1CCN(Cc2ccccc2)C[C@@H]1N(C)C(=O)Nc1ccc(F)c(C(F)(F)F)c1. The summed E-state index contributed by atoms with van der Waals surface area (Å²) in [6, 6.07) is 11.9. The van der Waals surface area contributed by atoms with E-state index in [9.17, 15) is 22.4 Å². The fraction of sp³-hybridized carbons (Fsp3) is 0.409. The van der Waals surface area contributed by atoms with Crippen molar-refractivity contribution >= 4 is 11.7 Å². The number of amides is 2. The maximum Gasteiger partial charge on any atom is 0.419 e. The molecule has 1 N–H and O–H groups in total. The van der Waals surface area contributed by atoms with E-state index in [2.05, 4.69) is 29.3 Å². The lowest BCUT2D eigenvalue weighted by Crippen LogP contribution is -2.53. The minimum atomic E-state index is -4.83. The summed E-state index contributed by atoms with van der Waals surface area (Å²) in [5.74, 6) is -1.13. The average molecular weight is 423 g/mol. The van der Waals surface area contributed by atoms with Gasteiger partial charge in [-0.3, -0.25) is 4.90 Å². The van der Waals surface area contributed by atoms with E-state index >= 15 is 0 Å². The molecular weight excluding hydrogens is 398 g/mol. The van der Waals surface area contributed by atoms with Gasteiger partial charge in [-0.15, -0.1) is 0 Å². The Labute approximate surface area is 173 Å². The predicted molar refractivity (Wildman–Crippen MR) is 107 cm³/mol. The molecule has 0 saturated carbocycles. The van der Waals surface area contributed by atoms with Gasteiger partial charge in [-0.25, -0.2) is 9.18 Å². The summed E-state index contributed by atoms with van der Waals surface area (Å²) in [4.78, 5) is 16.5. The van der Waals surface area contributed by atoms with Crippen molar-refractivity contribution in [2.75, 3.05) is 25.5 Å². The summed E-state index contributed by atoms with van der Waals surface area (Å²) in [7, 11) is 1.64. The zero-order valence-corrected chi connectivity index (χ0v) is 16.9. The molecule has 0 bridgehead atoms. The van der Waals surface area contributed by atoms with Crippen LogP contribution in [0.25, 0.3) is 0 Å². The van der Waals surface area contributed by atoms with Gasteiger partial charge in [-0.2, -0.15) is 13.2 Å². The zero-order chi connectivity index (χ0) is 21.9. The number of carbonyl (C=O) groups is 1. The summed E-state index contributed by atoms with van der Waals surface area (Å²) >= 11 is 0. The van der Waals surface area contributed by atoms with Crippen LogP contribution in [0.1, 0.15) is 24.5 Å². The van der Waals surface area contributed by atoms with E-state index in [1.807, 2.05) is 18.2 Å². The first-order chi connectivity index (χ1) is 14.1. The van der Waals surface area contributed by atoms with Gasteiger partial charge in [0, 0.05) is 31.9 Å². The molecule has 1 heterocycles. The zero-order valence-electron chi connectivity index (χ0n) is 16.9. The Morgan fingerprint density at radius 3 is 2.57 bits per heavy atom. The Morgan fingerprint density at radius 1 is 1.20 bits per heavy atom. The standard InChI is InChI=1S/C22H25F4N3O/c1-15-10-11-29(13-16-6-4-3-5-7-16)14-20(15)28(2)21(30)27-17-8-9-19(23)18(12-17)22(24,25)26/h3-9,12,15,20H,10-11,13-14H2,1-2H3,(H,27,30)/t15-,20+/m1/s1. The molecule has 4 nitrogen and oxygen atoms in total. The molecule has 1 fully saturated rings. The van der Waals surface area contributed by atoms with E-state index in [4.69, 9.17) is 0 Å². The smallest absolute Gasteiger partial charge is 0.323 e. The molecule has 2 amide bonds. The molecule has 0 unspecified atom stereocenters. The third-order valence-corrected chi connectivity index (χ3v) is 5.59. The number of likely N-dealkylation sites (N-methyl/N-ethyl adjacent to an activating group) is 1. The third-order valence-electron chi connectivity index (χ3n) is 5.59. The fourth-order valence-electron chi connectivity index (χ4n) is 3.79. The molecule has 3 rings (SSSR count). The van der Waals surface area contributed by atoms with Crippen LogP contribution < -0.4 is 5.32 Å². The number of rotatable bonds is 4. The Kier molecular flexibility index (Phi) is 6.65. The van der Waals surface area contributed by atoms with Gasteiger partial charge in [-0.1, -0.05) is 37.3 Å². The summed E-state index contributed by atoms with van der Waals surface area (Å²) in [6.07, 6.45) is -3.92. The number of anilines is 1. The molecule has 2 aromatic carbocycles. The Hall–Kier alpha value is -2.61. The number of piperidine rings is 1. The van der Waals surface area contributed by atoms with Gasteiger partial charge < -0.3 is 10.2 Å². The van der Waals surface area contributed by atoms with E-state index in [0.29, 0.717) is 18.7 Å². The Bertz CT molecular complexity index is 872. The maximum absolute atomic E-state index is 13.5. The van der Waals surface area contributed by atoms with Gasteiger partial charge in [-0.05, 0) is 42.6 Å². The van der Waals surface area contributed by atoms with Crippen LogP contribution in [0.2, 0.25) is 0 Å². The first-order valence-corrected chi connectivity index (χ1v) is 9.82. The second kappa shape index (κ2) is 9.04. The van der Waals surface area contributed by atoms with Gasteiger partial charge >= 0.3 is 12.2 Å². The quantitative estimate of drug-likeness (QED) is 0.685. The molecule has 1 aliphatic heterocycles. The number of hydrogen-bond donors (Lipinski definition) is 1. The lowest BCUT2D eigenvalue weighted by atomic mass is 9.92. The number of carbonyl (C=O) groups excluding carboxylic acids is 1. The van der Waals surface area contributed by atoms with Crippen molar-refractivity contribution in [3.8, 4) is 0 Å². The van der Waals surface area contributed by atoms with Crippen molar-refractivity contribution in [2.24, 2.45) is 5.92 Å². The van der Waals surface area contributed by atoms with E-state index in [-0.39, 0.29) is 17.6 Å². The topological polar surface area (TPSA) is 35.6 Å². The molecule has 0 spiro atoms. The van der Waals surface area contributed by atoms with Gasteiger partial charge in [0.05, 0.1) is 5.56 Å². The highest BCUT2D eigenvalue weighted by Crippen LogP contribution is 2.33. The lowest BCUT2D eigenvalue weighted by molar-refractivity contribution is -0.139. The molecule has 30 heavy (non-hydrogen) atoms. The Balaban J connectivity index is 1.67. The maximum atomic E-state index is 13.5. The van der Waals surface area contributed by atoms with Crippen molar-refractivity contribution in [1.29, 1.82) is 0 Å². The molecule has 1 saturated heterocycles. The number of alkyl halides is 3. The molecular formula is C22H25F4N3O. The summed E-state index contributed by atoms with van der Waals surface area (Å²) in [6.45, 7) is 4.41. The highest BCUT2D eigenvalue weighted by Gasteiger charge is 2.35. The second-order valence-electron chi connectivity index (χ2n) is 7.79. The minimum absolute atomic E-state index is 0.0924. The number of nitrogens with zero attached hydrogens (tertiary/aromatic N) is 2. The highest BCUT2D eigenvalue weighted by atomic mass is 19.4. The monoisotopic (exact) mass is 423 g/mol. The number of halogens is 4. The van der Waals surface area contributed by atoms with Crippen molar-refractivity contribution < 1.29 is 22.4 Å². The van der Waals surface area contributed by atoms with E-state index < -0.39 is 23.6 Å². The van der Waals surface area contributed by atoms with Crippen molar-refractivity contribution in [3.05, 3.63) is 65.5 Å². The second-order valence-corrected chi connectivity index (χ2v) is 7.79. The predicted octanol–water partition coefficient (Wildman–Crippen LogP) is 5.22. The van der Waals surface area contributed by atoms with Crippen LogP contribution in [0.5, 0.6) is 0 Å². The molecule has 2 atom stereocenters. The summed E-state index contributed by atoms with van der Waals surface area (Å²) < 4.78 is 52.2. The molecule has 0 aliphatic carbocycles. The van der Waals surface area contributed by atoms with Crippen LogP contribution in [-0.4, -0.2) is 42.0 Å². The van der Waals surface area contributed by atoms with Gasteiger partial charge in [0.1, 0.15) is 5.82 Å².